The van der Waals surface area contributed by atoms with Crippen LogP contribution in [-0.4, -0.2) is 37.7 Å². The lowest BCUT2D eigenvalue weighted by atomic mass is 9.91. The molecule has 1 aliphatic heterocycles. The molecule has 0 saturated carbocycles. The van der Waals surface area contributed by atoms with Crippen molar-refractivity contribution >= 4 is 15.8 Å². The Hall–Kier alpha value is -1.95. The number of nitrogens with zero attached hydrogens (tertiary/aromatic N) is 3. The molecule has 2 aromatic rings. The second-order valence-corrected chi connectivity index (χ2v) is 9.85. The predicted molar refractivity (Wildman–Crippen MR) is 113 cm³/mol. The highest BCUT2D eigenvalue weighted by atomic mass is 32.2. The molecule has 0 N–H and O–H groups in total. The molecule has 1 saturated heterocycles. The number of unbranched alkanes of at least 4 members (excludes halogenated alkanes) is 1. The molecule has 1 fully saturated rings. The molecule has 28 heavy (non-hydrogen) atoms. The lowest BCUT2D eigenvalue weighted by Gasteiger charge is -2.32. The maximum atomic E-state index is 11.5. The van der Waals surface area contributed by atoms with Crippen molar-refractivity contribution in [2.45, 2.75) is 56.8 Å². The molecule has 0 spiro atoms. The lowest BCUT2D eigenvalue weighted by molar-refractivity contribution is 0.367. The Bertz CT molecular complexity index is 840. The van der Waals surface area contributed by atoms with E-state index in [2.05, 4.69) is 21.8 Å². The fourth-order valence-electron chi connectivity index (χ4n) is 3.78. The first-order chi connectivity index (χ1) is 13.5. The molecule has 2 heterocycles. The first-order valence-corrected chi connectivity index (χ1v) is 12.2. The Morgan fingerprint density at radius 1 is 1.00 bits per heavy atom. The third-order valence-corrected chi connectivity index (χ3v) is 6.81. The Balaban J connectivity index is 1.36. The van der Waals surface area contributed by atoms with E-state index in [0.717, 1.165) is 44.2 Å². The molecule has 0 aliphatic carbocycles. The molecule has 3 rings (SSSR count). The van der Waals surface area contributed by atoms with Crippen LogP contribution in [0.25, 0.3) is 0 Å². The van der Waals surface area contributed by atoms with E-state index in [1.54, 1.807) is 12.1 Å². The van der Waals surface area contributed by atoms with E-state index in [9.17, 15) is 8.42 Å². The van der Waals surface area contributed by atoms with Crippen LogP contribution in [0.3, 0.4) is 0 Å². The zero-order valence-corrected chi connectivity index (χ0v) is 17.8. The highest BCUT2D eigenvalue weighted by molar-refractivity contribution is 7.90. The summed E-state index contributed by atoms with van der Waals surface area (Å²) in [6.07, 6.45) is 13.2. The predicted octanol–water partition coefficient (Wildman–Crippen LogP) is 4.07. The van der Waals surface area contributed by atoms with Gasteiger partial charge in [-0.25, -0.2) is 18.4 Å². The number of anilines is 1. The SMILES string of the molecule is CCc1cnc(N2CCC(CCCCc3ccc(S(C)(=O)=O)cc3)CC2)nc1. The number of sulfone groups is 1. The van der Waals surface area contributed by atoms with Gasteiger partial charge in [0.1, 0.15) is 0 Å². The standard InChI is InChI=1S/C22H31N3O2S/c1-3-18-16-23-22(24-17-18)25-14-12-20(13-15-25)7-5-4-6-19-8-10-21(11-9-19)28(2,26)27/h8-11,16-17,20H,3-7,12-15H2,1-2H3. The van der Waals surface area contributed by atoms with Crippen molar-refractivity contribution in [3.8, 4) is 0 Å². The first kappa shape index (κ1) is 20.8. The van der Waals surface area contributed by atoms with E-state index >= 15 is 0 Å². The van der Waals surface area contributed by atoms with Crippen LogP contribution < -0.4 is 4.90 Å². The number of aromatic nitrogens is 2. The van der Waals surface area contributed by atoms with Crippen molar-refractivity contribution in [2.75, 3.05) is 24.2 Å². The van der Waals surface area contributed by atoms with Crippen molar-refractivity contribution in [3.63, 3.8) is 0 Å². The number of benzene rings is 1. The average molecular weight is 402 g/mol. The molecule has 0 unspecified atom stereocenters. The summed E-state index contributed by atoms with van der Waals surface area (Å²) >= 11 is 0. The van der Waals surface area contributed by atoms with Crippen LogP contribution in [0.1, 0.15) is 50.2 Å². The molecule has 152 valence electrons. The minimum absolute atomic E-state index is 0.399. The molecule has 0 bridgehead atoms. The van der Waals surface area contributed by atoms with Gasteiger partial charge in [-0.05, 0) is 61.3 Å². The average Bonchev–Trinajstić information content (AvgIpc) is 2.71. The summed E-state index contributed by atoms with van der Waals surface area (Å²) in [6.45, 7) is 4.21. The van der Waals surface area contributed by atoms with Gasteiger partial charge in [-0.2, -0.15) is 0 Å². The van der Waals surface area contributed by atoms with Gasteiger partial charge in [0.2, 0.25) is 5.95 Å². The molecule has 0 radical (unpaired) electrons. The van der Waals surface area contributed by atoms with E-state index in [1.165, 1.54) is 43.1 Å². The van der Waals surface area contributed by atoms with Crippen molar-refractivity contribution in [3.05, 3.63) is 47.8 Å². The van der Waals surface area contributed by atoms with E-state index in [4.69, 9.17) is 0 Å². The van der Waals surface area contributed by atoms with E-state index in [1.807, 2.05) is 24.5 Å². The van der Waals surface area contributed by atoms with E-state index < -0.39 is 9.84 Å². The molecule has 6 heteroatoms. The zero-order chi connectivity index (χ0) is 20.0. The molecular weight excluding hydrogens is 370 g/mol. The molecule has 5 nitrogen and oxygen atoms in total. The normalized spacial score (nSPS) is 15.7. The zero-order valence-electron chi connectivity index (χ0n) is 17.0. The smallest absolute Gasteiger partial charge is 0.225 e. The molecule has 1 aromatic carbocycles. The molecular formula is C22H31N3O2S. The van der Waals surface area contributed by atoms with Gasteiger partial charge in [0.25, 0.3) is 0 Å². The van der Waals surface area contributed by atoms with Gasteiger partial charge < -0.3 is 4.90 Å². The summed E-state index contributed by atoms with van der Waals surface area (Å²) in [6, 6.07) is 7.32. The summed E-state index contributed by atoms with van der Waals surface area (Å²) in [5, 5.41) is 0. The molecule has 1 aliphatic rings. The summed E-state index contributed by atoms with van der Waals surface area (Å²) in [7, 11) is -3.10. The second kappa shape index (κ2) is 9.50. The van der Waals surface area contributed by atoms with Crippen LogP contribution in [0.2, 0.25) is 0 Å². The molecule has 1 aromatic heterocycles. The third kappa shape index (κ3) is 5.77. The van der Waals surface area contributed by atoms with Crippen LogP contribution in [0.4, 0.5) is 5.95 Å². The van der Waals surface area contributed by atoms with Crippen LogP contribution in [0.5, 0.6) is 0 Å². The highest BCUT2D eigenvalue weighted by Crippen LogP contribution is 2.25. The number of aryl methyl sites for hydroxylation is 2. The number of rotatable bonds is 8. The Labute approximate surface area is 169 Å². The van der Waals surface area contributed by atoms with Gasteiger partial charge in [-0.15, -0.1) is 0 Å². The second-order valence-electron chi connectivity index (χ2n) is 7.84. The van der Waals surface area contributed by atoms with E-state index in [-0.39, 0.29) is 0 Å². The van der Waals surface area contributed by atoms with Crippen molar-refractivity contribution < 1.29 is 8.42 Å². The Morgan fingerprint density at radius 3 is 2.21 bits per heavy atom. The van der Waals surface area contributed by atoms with Crippen LogP contribution in [0.15, 0.2) is 41.6 Å². The van der Waals surface area contributed by atoms with E-state index in [0.29, 0.717) is 4.90 Å². The largest absolute Gasteiger partial charge is 0.341 e. The molecule has 0 amide bonds. The van der Waals surface area contributed by atoms with Gasteiger partial charge in [0, 0.05) is 31.7 Å². The van der Waals surface area contributed by atoms with Crippen molar-refractivity contribution in [1.29, 1.82) is 0 Å². The minimum Gasteiger partial charge on any atom is -0.341 e. The van der Waals surface area contributed by atoms with Crippen LogP contribution >= 0.6 is 0 Å². The monoisotopic (exact) mass is 401 g/mol. The fourth-order valence-corrected chi connectivity index (χ4v) is 4.41. The summed E-state index contributed by atoms with van der Waals surface area (Å²) in [4.78, 5) is 11.7. The summed E-state index contributed by atoms with van der Waals surface area (Å²) in [5.41, 5.74) is 2.40. The Morgan fingerprint density at radius 2 is 1.64 bits per heavy atom. The van der Waals surface area contributed by atoms with Gasteiger partial charge in [0.05, 0.1) is 4.90 Å². The quantitative estimate of drug-likeness (QED) is 0.624. The van der Waals surface area contributed by atoms with Gasteiger partial charge >= 0.3 is 0 Å². The van der Waals surface area contributed by atoms with Crippen LogP contribution in [-0.2, 0) is 22.7 Å². The fraction of sp³-hybridized carbons (Fsp3) is 0.545. The van der Waals surface area contributed by atoms with Gasteiger partial charge in [0.15, 0.2) is 9.84 Å². The number of hydrogen-bond acceptors (Lipinski definition) is 5. The maximum Gasteiger partial charge on any atom is 0.225 e. The van der Waals surface area contributed by atoms with Crippen molar-refractivity contribution in [1.82, 2.24) is 9.97 Å². The minimum atomic E-state index is -3.10. The van der Waals surface area contributed by atoms with Crippen LogP contribution in [0, 0.1) is 5.92 Å². The third-order valence-electron chi connectivity index (χ3n) is 5.68. The lowest BCUT2D eigenvalue weighted by Crippen LogP contribution is -2.34. The van der Waals surface area contributed by atoms with Crippen molar-refractivity contribution in [2.24, 2.45) is 5.92 Å². The first-order valence-electron chi connectivity index (χ1n) is 10.3. The number of hydrogen-bond donors (Lipinski definition) is 0. The van der Waals surface area contributed by atoms with Gasteiger partial charge in [-0.1, -0.05) is 31.9 Å². The summed E-state index contributed by atoms with van der Waals surface area (Å²) in [5.74, 6) is 1.66. The Kier molecular flexibility index (Phi) is 7.05. The topological polar surface area (TPSA) is 63.2 Å². The maximum absolute atomic E-state index is 11.5. The van der Waals surface area contributed by atoms with Gasteiger partial charge in [-0.3, -0.25) is 0 Å². The summed E-state index contributed by atoms with van der Waals surface area (Å²) < 4.78 is 23.0. The highest BCUT2D eigenvalue weighted by Gasteiger charge is 2.20. The number of piperidine rings is 1. The molecule has 0 atom stereocenters.